The van der Waals surface area contributed by atoms with Gasteiger partial charge in [-0.3, -0.25) is 4.79 Å². The van der Waals surface area contributed by atoms with Crippen molar-refractivity contribution in [3.63, 3.8) is 0 Å². The number of aryl methyl sites for hydroxylation is 1. The highest BCUT2D eigenvalue weighted by atomic mass is 16.5. The average molecular weight is 272 g/mol. The average Bonchev–Trinajstić information content (AvgIpc) is 2.40. The van der Waals surface area contributed by atoms with Crippen LogP contribution in [0.1, 0.15) is 15.9 Å². The molecule has 0 aliphatic rings. The largest absolute Gasteiger partial charge is 0.508 e. The number of anilines is 2. The smallest absolute Gasteiger partial charge is 0.255 e. The van der Waals surface area contributed by atoms with Crippen molar-refractivity contribution in [2.75, 3.05) is 18.2 Å². The second-order valence-corrected chi connectivity index (χ2v) is 4.41. The molecule has 2 aromatic rings. The molecule has 0 saturated heterocycles. The summed E-state index contributed by atoms with van der Waals surface area (Å²) in [7, 11) is 1.52. The second-order valence-electron chi connectivity index (χ2n) is 4.41. The maximum absolute atomic E-state index is 12.2. The van der Waals surface area contributed by atoms with Gasteiger partial charge in [0.05, 0.1) is 12.8 Å². The van der Waals surface area contributed by atoms with E-state index < -0.39 is 0 Å². The quantitative estimate of drug-likeness (QED) is 0.750. The lowest BCUT2D eigenvalue weighted by Crippen LogP contribution is -2.13. The number of methoxy groups -OCH3 is 1. The predicted octanol–water partition coefficient (Wildman–Crippen LogP) is 2.54. The van der Waals surface area contributed by atoms with Crippen LogP contribution in [0.2, 0.25) is 0 Å². The third-order valence-corrected chi connectivity index (χ3v) is 2.95. The van der Waals surface area contributed by atoms with Crippen molar-refractivity contribution in [3.05, 3.63) is 47.5 Å². The van der Waals surface area contributed by atoms with Crippen molar-refractivity contribution >= 4 is 17.3 Å². The Hall–Kier alpha value is -2.69. The summed E-state index contributed by atoms with van der Waals surface area (Å²) in [5.74, 6) is 0.382. The van der Waals surface area contributed by atoms with Crippen LogP contribution in [0, 0.1) is 6.92 Å². The highest BCUT2D eigenvalue weighted by molar-refractivity contribution is 6.05. The highest BCUT2D eigenvalue weighted by Crippen LogP contribution is 2.25. The van der Waals surface area contributed by atoms with Crippen molar-refractivity contribution < 1.29 is 14.6 Å². The van der Waals surface area contributed by atoms with Crippen molar-refractivity contribution in [2.24, 2.45) is 0 Å². The first-order valence-electron chi connectivity index (χ1n) is 6.05. The number of phenols is 1. The summed E-state index contributed by atoms with van der Waals surface area (Å²) in [6.07, 6.45) is 0. The first-order chi connectivity index (χ1) is 9.51. The van der Waals surface area contributed by atoms with Gasteiger partial charge in [-0.1, -0.05) is 0 Å². The number of benzene rings is 2. The Bertz CT molecular complexity index is 654. The van der Waals surface area contributed by atoms with Crippen LogP contribution in [0.4, 0.5) is 11.4 Å². The third kappa shape index (κ3) is 2.83. The third-order valence-electron chi connectivity index (χ3n) is 2.95. The fraction of sp³-hybridized carbons (Fsp3) is 0.133. The number of nitrogens with one attached hydrogen (secondary N) is 1. The van der Waals surface area contributed by atoms with Crippen LogP contribution in [0.5, 0.6) is 11.5 Å². The number of aromatic hydroxyl groups is 1. The number of hydrogen-bond donors (Lipinski definition) is 3. The summed E-state index contributed by atoms with van der Waals surface area (Å²) >= 11 is 0. The lowest BCUT2D eigenvalue weighted by molar-refractivity contribution is 0.102. The SMILES string of the molecule is COc1cc(NC(=O)c2ccc(O)cc2C)ccc1N. The van der Waals surface area contributed by atoms with Crippen LogP contribution >= 0.6 is 0 Å². The Morgan fingerprint density at radius 2 is 2.00 bits per heavy atom. The van der Waals surface area contributed by atoms with E-state index in [4.69, 9.17) is 10.5 Å². The molecule has 0 radical (unpaired) electrons. The number of carbonyl (C=O) groups is 1. The zero-order chi connectivity index (χ0) is 14.7. The Kier molecular flexibility index (Phi) is 3.79. The first-order valence-corrected chi connectivity index (χ1v) is 6.05. The fourth-order valence-electron chi connectivity index (χ4n) is 1.89. The molecule has 0 saturated carbocycles. The maximum atomic E-state index is 12.2. The van der Waals surface area contributed by atoms with Crippen LogP contribution in [0.3, 0.4) is 0 Å². The number of hydrogen-bond acceptors (Lipinski definition) is 4. The molecule has 1 amide bonds. The van der Waals surface area contributed by atoms with E-state index in [-0.39, 0.29) is 11.7 Å². The minimum absolute atomic E-state index is 0.133. The number of nitrogen functional groups attached to an aromatic ring is 1. The number of carbonyl (C=O) groups excluding carboxylic acids is 1. The summed E-state index contributed by atoms with van der Waals surface area (Å²) in [4.78, 5) is 12.2. The molecule has 2 rings (SSSR count). The molecule has 0 aliphatic heterocycles. The Morgan fingerprint density at radius 1 is 1.25 bits per heavy atom. The summed E-state index contributed by atoms with van der Waals surface area (Å²) in [5, 5.41) is 12.1. The summed E-state index contributed by atoms with van der Waals surface area (Å²) < 4.78 is 5.10. The molecule has 0 spiro atoms. The molecular formula is C15H16N2O3. The second kappa shape index (κ2) is 5.52. The molecular weight excluding hydrogens is 256 g/mol. The standard InChI is InChI=1S/C15H16N2O3/c1-9-7-11(18)4-5-12(9)15(19)17-10-3-6-13(16)14(8-10)20-2/h3-8,18H,16H2,1-2H3,(H,17,19). The lowest BCUT2D eigenvalue weighted by Gasteiger charge is -2.10. The molecule has 0 bridgehead atoms. The molecule has 0 atom stereocenters. The Balaban J connectivity index is 2.23. The topological polar surface area (TPSA) is 84.6 Å². The monoisotopic (exact) mass is 272 g/mol. The van der Waals surface area contributed by atoms with Gasteiger partial charge in [0, 0.05) is 17.3 Å². The first kappa shape index (κ1) is 13.7. The number of nitrogens with two attached hydrogens (primary N) is 1. The van der Waals surface area contributed by atoms with Gasteiger partial charge in [-0.15, -0.1) is 0 Å². The van der Waals surface area contributed by atoms with E-state index in [0.717, 1.165) is 0 Å². The number of rotatable bonds is 3. The van der Waals surface area contributed by atoms with E-state index >= 15 is 0 Å². The molecule has 4 N–H and O–H groups in total. The normalized spacial score (nSPS) is 10.1. The van der Waals surface area contributed by atoms with Gasteiger partial charge in [-0.2, -0.15) is 0 Å². The molecule has 0 aliphatic carbocycles. The van der Waals surface area contributed by atoms with Gasteiger partial charge in [-0.05, 0) is 42.8 Å². The van der Waals surface area contributed by atoms with E-state index in [1.54, 1.807) is 37.3 Å². The molecule has 2 aromatic carbocycles. The summed E-state index contributed by atoms with van der Waals surface area (Å²) in [6, 6.07) is 9.62. The highest BCUT2D eigenvalue weighted by Gasteiger charge is 2.10. The Morgan fingerprint density at radius 3 is 2.65 bits per heavy atom. The molecule has 0 aromatic heterocycles. The Labute approximate surface area is 117 Å². The minimum atomic E-state index is -0.255. The van der Waals surface area contributed by atoms with Crippen LogP contribution in [0.25, 0.3) is 0 Å². The lowest BCUT2D eigenvalue weighted by atomic mass is 10.1. The van der Waals surface area contributed by atoms with Gasteiger partial charge < -0.3 is 20.9 Å². The molecule has 20 heavy (non-hydrogen) atoms. The van der Waals surface area contributed by atoms with Gasteiger partial charge in [0.2, 0.25) is 0 Å². The minimum Gasteiger partial charge on any atom is -0.508 e. The molecule has 5 heteroatoms. The fourth-order valence-corrected chi connectivity index (χ4v) is 1.89. The number of phenolic OH excluding ortho intramolecular Hbond substituents is 1. The van der Waals surface area contributed by atoms with Gasteiger partial charge >= 0.3 is 0 Å². The number of amides is 1. The molecule has 104 valence electrons. The van der Waals surface area contributed by atoms with E-state index in [9.17, 15) is 9.90 Å². The van der Waals surface area contributed by atoms with Crippen molar-refractivity contribution in [2.45, 2.75) is 6.92 Å². The maximum Gasteiger partial charge on any atom is 0.255 e. The van der Waals surface area contributed by atoms with Crippen LogP contribution < -0.4 is 15.8 Å². The predicted molar refractivity (Wildman–Crippen MR) is 78.2 cm³/mol. The number of ether oxygens (including phenoxy) is 1. The van der Waals surface area contributed by atoms with Gasteiger partial charge in [0.15, 0.2) is 0 Å². The molecule has 0 heterocycles. The van der Waals surface area contributed by atoms with Crippen LogP contribution in [-0.4, -0.2) is 18.1 Å². The van der Waals surface area contributed by atoms with Crippen molar-refractivity contribution in [1.29, 1.82) is 0 Å². The van der Waals surface area contributed by atoms with E-state index in [1.807, 2.05) is 0 Å². The summed E-state index contributed by atoms with van der Waals surface area (Å²) in [5.41, 5.74) is 8.01. The van der Waals surface area contributed by atoms with Crippen molar-refractivity contribution in [3.8, 4) is 11.5 Å². The van der Waals surface area contributed by atoms with E-state index in [1.165, 1.54) is 13.2 Å². The van der Waals surface area contributed by atoms with Crippen molar-refractivity contribution in [1.82, 2.24) is 0 Å². The molecule has 5 nitrogen and oxygen atoms in total. The van der Waals surface area contributed by atoms with Gasteiger partial charge in [-0.25, -0.2) is 0 Å². The van der Waals surface area contributed by atoms with E-state index in [0.29, 0.717) is 28.3 Å². The molecule has 0 fully saturated rings. The van der Waals surface area contributed by atoms with Gasteiger partial charge in [0.1, 0.15) is 11.5 Å². The zero-order valence-electron chi connectivity index (χ0n) is 11.3. The van der Waals surface area contributed by atoms with Crippen LogP contribution in [-0.2, 0) is 0 Å². The van der Waals surface area contributed by atoms with Gasteiger partial charge in [0.25, 0.3) is 5.91 Å². The van der Waals surface area contributed by atoms with Crippen LogP contribution in [0.15, 0.2) is 36.4 Å². The summed E-state index contributed by atoms with van der Waals surface area (Å²) in [6.45, 7) is 1.76. The van der Waals surface area contributed by atoms with E-state index in [2.05, 4.69) is 5.32 Å². The zero-order valence-corrected chi connectivity index (χ0v) is 11.3. The molecule has 0 unspecified atom stereocenters.